The highest BCUT2D eigenvalue weighted by molar-refractivity contribution is 7.99. The maximum atomic E-state index is 13.0. The normalized spacial score (nSPS) is 11.3. The van der Waals surface area contributed by atoms with Crippen molar-refractivity contribution >= 4 is 51.6 Å². The monoisotopic (exact) mass is 489 g/mol. The third-order valence-electron chi connectivity index (χ3n) is 4.82. The molecule has 32 heavy (non-hydrogen) atoms. The van der Waals surface area contributed by atoms with Crippen LogP contribution in [0.2, 0.25) is 5.02 Å². The van der Waals surface area contributed by atoms with Gasteiger partial charge >= 0.3 is 0 Å². The lowest BCUT2D eigenvalue weighted by molar-refractivity contribution is -0.129. The van der Waals surface area contributed by atoms with Crippen LogP contribution in [0.4, 0.5) is 0 Å². The number of hydrogen-bond donors (Lipinski definition) is 0. The van der Waals surface area contributed by atoms with E-state index in [-0.39, 0.29) is 11.7 Å². The number of fused-ring (bicyclic) bond motifs is 1. The van der Waals surface area contributed by atoms with Gasteiger partial charge in [-0.15, -0.1) is 21.5 Å². The van der Waals surface area contributed by atoms with Crippen molar-refractivity contribution < 1.29 is 9.21 Å². The Morgan fingerprint density at radius 1 is 1.25 bits per heavy atom. The lowest BCUT2D eigenvalue weighted by Crippen LogP contribution is -2.32. The standard InChI is InChI=1S/C22H24ClN5O2S2/c1-3-9-27(13-19-25-26-21(30-19)18-6-5-11-31-18)20(29)14-32-22-24-16-12-15(23)7-8-17(16)28(22)10-4-2/h5-8,11-12H,3-4,9-10,13-14H2,1-2H3. The number of hydrogen-bond acceptors (Lipinski definition) is 7. The third kappa shape index (κ3) is 5.16. The molecule has 1 amide bonds. The molecule has 0 atom stereocenters. The molecule has 0 N–H and O–H groups in total. The van der Waals surface area contributed by atoms with Crippen LogP contribution < -0.4 is 0 Å². The van der Waals surface area contributed by atoms with E-state index in [2.05, 4.69) is 21.7 Å². The van der Waals surface area contributed by atoms with Gasteiger partial charge in [0.25, 0.3) is 5.89 Å². The van der Waals surface area contributed by atoms with E-state index >= 15 is 0 Å². The van der Waals surface area contributed by atoms with Crippen molar-refractivity contribution in [2.45, 2.75) is 44.9 Å². The molecule has 0 bridgehead atoms. The van der Waals surface area contributed by atoms with E-state index in [9.17, 15) is 4.79 Å². The second kappa shape index (κ2) is 10.5. The predicted molar refractivity (Wildman–Crippen MR) is 129 cm³/mol. The van der Waals surface area contributed by atoms with E-state index in [1.807, 2.05) is 42.6 Å². The van der Waals surface area contributed by atoms with Crippen molar-refractivity contribution in [2.24, 2.45) is 0 Å². The van der Waals surface area contributed by atoms with E-state index in [0.717, 1.165) is 40.5 Å². The highest BCUT2D eigenvalue weighted by atomic mass is 35.5. The molecule has 4 rings (SSSR count). The lowest BCUT2D eigenvalue weighted by atomic mass is 10.3. The van der Waals surface area contributed by atoms with Crippen molar-refractivity contribution in [1.29, 1.82) is 0 Å². The van der Waals surface area contributed by atoms with Gasteiger partial charge in [0.15, 0.2) is 5.16 Å². The van der Waals surface area contributed by atoms with E-state index < -0.39 is 0 Å². The van der Waals surface area contributed by atoms with E-state index in [0.29, 0.717) is 29.9 Å². The van der Waals surface area contributed by atoms with E-state index in [4.69, 9.17) is 21.0 Å². The molecule has 0 unspecified atom stereocenters. The number of nitrogens with zero attached hydrogens (tertiary/aromatic N) is 5. The first-order chi connectivity index (χ1) is 15.6. The first kappa shape index (κ1) is 22.8. The summed E-state index contributed by atoms with van der Waals surface area (Å²) in [6.07, 6.45) is 1.82. The number of thiophene rings is 1. The molecular formula is C22H24ClN5O2S2. The second-order valence-electron chi connectivity index (χ2n) is 7.26. The smallest absolute Gasteiger partial charge is 0.257 e. The van der Waals surface area contributed by atoms with Crippen LogP contribution >= 0.6 is 34.7 Å². The summed E-state index contributed by atoms with van der Waals surface area (Å²) >= 11 is 9.12. The molecular weight excluding hydrogens is 466 g/mol. The SMILES string of the molecule is CCCN(Cc1nnc(-c2cccs2)o1)C(=O)CSc1nc2cc(Cl)ccc2n1CCC. The second-order valence-corrected chi connectivity index (χ2v) is 9.59. The number of aromatic nitrogens is 4. The van der Waals surface area contributed by atoms with Crippen molar-refractivity contribution in [3.8, 4) is 10.8 Å². The van der Waals surface area contributed by atoms with Gasteiger partial charge in [-0.25, -0.2) is 4.98 Å². The zero-order valence-electron chi connectivity index (χ0n) is 18.0. The van der Waals surface area contributed by atoms with Crippen LogP contribution in [0.3, 0.4) is 0 Å². The number of amides is 1. The highest BCUT2D eigenvalue weighted by Gasteiger charge is 2.20. The molecule has 0 saturated heterocycles. The molecule has 4 aromatic rings. The fraction of sp³-hybridized carbons (Fsp3) is 0.364. The minimum Gasteiger partial charge on any atom is -0.418 e. The summed E-state index contributed by atoms with van der Waals surface area (Å²) in [6.45, 7) is 5.92. The summed E-state index contributed by atoms with van der Waals surface area (Å²) in [5.41, 5.74) is 1.88. The number of rotatable bonds is 10. The third-order valence-corrected chi connectivity index (χ3v) is 6.87. The Labute approximate surface area is 199 Å². The van der Waals surface area contributed by atoms with Gasteiger partial charge < -0.3 is 13.9 Å². The van der Waals surface area contributed by atoms with E-state index in [1.165, 1.54) is 11.8 Å². The number of benzene rings is 1. The Hall–Kier alpha value is -2.36. The average molecular weight is 490 g/mol. The summed E-state index contributed by atoms with van der Waals surface area (Å²) in [5.74, 6) is 1.22. The molecule has 1 aromatic carbocycles. The summed E-state index contributed by atoms with van der Waals surface area (Å²) in [5, 5.41) is 11.7. The number of halogens is 1. The van der Waals surface area contributed by atoms with Crippen molar-refractivity contribution in [2.75, 3.05) is 12.3 Å². The van der Waals surface area contributed by atoms with Gasteiger partial charge in [0.05, 0.1) is 28.2 Å². The molecule has 0 spiro atoms. The molecule has 0 aliphatic rings. The van der Waals surface area contributed by atoms with Gasteiger partial charge in [-0.3, -0.25) is 4.79 Å². The lowest BCUT2D eigenvalue weighted by Gasteiger charge is -2.20. The average Bonchev–Trinajstić information content (AvgIpc) is 3.52. The number of thioether (sulfide) groups is 1. The van der Waals surface area contributed by atoms with Gasteiger partial charge in [-0.05, 0) is 42.5 Å². The summed E-state index contributed by atoms with van der Waals surface area (Å²) in [7, 11) is 0. The van der Waals surface area contributed by atoms with Crippen LogP contribution in [0, 0.1) is 0 Å². The summed E-state index contributed by atoms with van der Waals surface area (Å²) in [6, 6.07) is 9.58. The Kier molecular flexibility index (Phi) is 7.49. The Morgan fingerprint density at radius 3 is 2.88 bits per heavy atom. The Balaban J connectivity index is 1.46. The number of aryl methyl sites for hydroxylation is 1. The fourth-order valence-corrected chi connectivity index (χ4v) is 5.14. The van der Waals surface area contributed by atoms with Crippen LogP contribution in [-0.4, -0.2) is 42.9 Å². The maximum Gasteiger partial charge on any atom is 0.257 e. The topological polar surface area (TPSA) is 77.1 Å². The Morgan fingerprint density at radius 2 is 2.12 bits per heavy atom. The largest absolute Gasteiger partial charge is 0.418 e. The zero-order chi connectivity index (χ0) is 22.5. The number of carbonyl (C=O) groups excluding carboxylic acids is 1. The number of imidazole rings is 1. The van der Waals surface area contributed by atoms with Gasteiger partial charge in [0, 0.05) is 18.1 Å². The highest BCUT2D eigenvalue weighted by Crippen LogP contribution is 2.27. The van der Waals surface area contributed by atoms with Gasteiger partial charge in [-0.1, -0.05) is 43.3 Å². The van der Waals surface area contributed by atoms with Crippen molar-refractivity contribution in [3.63, 3.8) is 0 Å². The molecule has 0 fully saturated rings. The van der Waals surface area contributed by atoms with Crippen LogP contribution in [0.5, 0.6) is 0 Å². The van der Waals surface area contributed by atoms with Crippen LogP contribution in [0.1, 0.15) is 32.6 Å². The Bertz CT molecular complexity index is 1190. The zero-order valence-corrected chi connectivity index (χ0v) is 20.3. The molecule has 3 aromatic heterocycles. The summed E-state index contributed by atoms with van der Waals surface area (Å²) in [4.78, 5) is 20.4. The predicted octanol–water partition coefficient (Wildman–Crippen LogP) is 5.74. The molecule has 0 saturated carbocycles. The minimum absolute atomic E-state index is 0.0147. The van der Waals surface area contributed by atoms with Crippen molar-refractivity contribution in [3.05, 3.63) is 46.6 Å². The summed E-state index contributed by atoms with van der Waals surface area (Å²) < 4.78 is 7.93. The molecule has 0 radical (unpaired) electrons. The molecule has 0 aliphatic carbocycles. The van der Waals surface area contributed by atoms with Crippen LogP contribution in [0.15, 0.2) is 45.3 Å². The first-order valence-electron chi connectivity index (χ1n) is 10.5. The van der Waals surface area contributed by atoms with Gasteiger partial charge in [0.2, 0.25) is 11.8 Å². The molecule has 0 aliphatic heterocycles. The molecule has 3 heterocycles. The minimum atomic E-state index is 0.0147. The quantitative estimate of drug-likeness (QED) is 0.264. The van der Waals surface area contributed by atoms with Crippen LogP contribution in [0.25, 0.3) is 21.8 Å². The van der Waals surface area contributed by atoms with Crippen molar-refractivity contribution in [1.82, 2.24) is 24.6 Å². The molecule has 168 valence electrons. The fourth-order valence-electron chi connectivity index (χ4n) is 3.39. The van der Waals surface area contributed by atoms with Gasteiger partial charge in [-0.2, -0.15) is 0 Å². The first-order valence-corrected chi connectivity index (χ1v) is 12.8. The van der Waals surface area contributed by atoms with E-state index in [1.54, 1.807) is 16.2 Å². The molecule has 7 nitrogen and oxygen atoms in total. The van der Waals surface area contributed by atoms with Crippen LogP contribution in [-0.2, 0) is 17.9 Å². The number of carbonyl (C=O) groups is 1. The molecule has 10 heteroatoms. The van der Waals surface area contributed by atoms with Gasteiger partial charge in [0.1, 0.15) is 0 Å². The maximum absolute atomic E-state index is 13.0.